The van der Waals surface area contributed by atoms with E-state index in [4.69, 9.17) is 4.43 Å². The molecular formula is C27H56O2Si. The van der Waals surface area contributed by atoms with Crippen LogP contribution in [0.2, 0.25) is 19.6 Å². The molecule has 0 N–H and O–H groups in total. The van der Waals surface area contributed by atoms with E-state index in [0.29, 0.717) is 6.42 Å². The van der Waals surface area contributed by atoms with E-state index in [2.05, 4.69) is 33.5 Å². The summed E-state index contributed by atoms with van der Waals surface area (Å²) in [4.78, 5) is 11.7. The van der Waals surface area contributed by atoms with Gasteiger partial charge in [0.2, 0.25) is 8.32 Å². The van der Waals surface area contributed by atoms with Gasteiger partial charge in [0.15, 0.2) is 0 Å². The molecule has 0 spiro atoms. The van der Waals surface area contributed by atoms with Gasteiger partial charge in [-0.1, -0.05) is 129 Å². The second-order valence-electron chi connectivity index (χ2n) is 10.7. The second-order valence-corrected chi connectivity index (χ2v) is 15.1. The molecule has 0 heterocycles. The van der Waals surface area contributed by atoms with Crippen LogP contribution in [0.1, 0.15) is 142 Å². The first-order valence-electron chi connectivity index (χ1n) is 13.6. The van der Waals surface area contributed by atoms with Crippen molar-refractivity contribution in [3.05, 3.63) is 0 Å². The van der Waals surface area contributed by atoms with Crippen LogP contribution >= 0.6 is 0 Å². The van der Waals surface area contributed by atoms with Crippen molar-refractivity contribution in [3.8, 4) is 0 Å². The molecule has 1 unspecified atom stereocenters. The van der Waals surface area contributed by atoms with Crippen LogP contribution in [-0.2, 0) is 9.22 Å². The molecule has 0 fully saturated rings. The Morgan fingerprint density at radius 3 is 1.40 bits per heavy atom. The maximum absolute atomic E-state index is 11.7. The number of carbonyl (C=O) groups is 1. The van der Waals surface area contributed by atoms with Crippen molar-refractivity contribution in [1.29, 1.82) is 0 Å². The van der Waals surface area contributed by atoms with Crippen LogP contribution in [0.25, 0.3) is 0 Å². The molecule has 1 atom stereocenters. The van der Waals surface area contributed by atoms with Crippen LogP contribution in [-0.4, -0.2) is 14.3 Å². The lowest BCUT2D eigenvalue weighted by Gasteiger charge is -2.17. The Hall–Kier alpha value is -0.313. The largest absolute Gasteiger partial charge is 0.520 e. The van der Waals surface area contributed by atoms with Gasteiger partial charge in [-0.15, -0.1) is 0 Å². The Labute approximate surface area is 191 Å². The Bertz CT molecular complexity index is 376. The highest BCUT2D eigenvalue weighted by Crippen LogP contribution is 2.19. The van der Waals surface area contributed by atoms with E-state index in [1.54, 1.807) is 0 Å². The summed E-state index contributed by atoms with van der Waals surface area (Å²) < 4.78 is 5.49. The summed E-state index contributed by atoms with van der Waals surface area (Å²) >= 11 is 0. The maximum Gasteiger partial charge on any atom is 0.292 e. The summed E-state index contributed by atoms with van der Waals surface area (Å²) in [6, 6.07) is 0. The summed E-state index contributed by atoms with van der Waals surface area (Å²) in [6.07, 6.45) is 26.8. The van der Waals surface area contributed by atoms with Crippen LogP contribution in [0.3, 0.4) is 0 Å². The van der Waals surface area contributed by atoms with Crippen LogP contribution in [0, 0.1) is 5.92 Å². The minimum atomic E-state index is -1.69. The lowest BCUT2D eigenvalue weighted by Crippen LogP contribution is -2.28. The lowest BCUT2D eigenvalue weighted by molar-refractivity contribution is -0.135. The van der Waals surface area contributed by atoms with Gasteiger partial charge in [-0.2, -0.15) is 0 Å². The van der Waals surface area contributed by atoms with Crippen LogP contribution < -0.4 is 0 Å². The van der Waals surface area contributed by atoms with Gasteiger partial charge in [-0.3, -0.25) is 4.79 Å². The van der Waals surface area contributed by atoms with Crippen molar-refractivity contribution in [2.24, 2.45) is 5.92 Å². The molecule has 0 aromatic rings. The third kappa shape index (κ3) is 24.0. The van der Waals surface area contributed by atoms with Gasteiger partial charge in [-0.25, -0.2) is 0 Å². The molecule has 0 radical (unpaired) electrons. The first kappa shape index (κ1) is 29.7. The molecule has 0 bridgehead atoms. The fourth-order valence-electron chi connectivity index (χ4n) is 4.16. The Kier molecular flexibility index (Phi) is 20.4. The van der Waals surface area contributed by atoms with Crippen LogP contribution in [0.15, 0.2) is 0 Å². The fraction of sp³-hybridized carbons (Fsp3) is 0.963. The predicted molar refractivity (Wildman–Crippen MR) is 137 cm³/mol. The number of unbranched alkanes of at least 4 members (excludes halogenated alkanes) is 15. The van der Waals surface area contributed by atoms with E-state index in [-0.39, 0.29) is 5.97 Å². The van der Waals surface area contributed by atoms with Gasteiger partial charge in [0, 0.05) is 6.42 Å². The Morgan fingerprint density at radius 1 is 0.633 bits per heavy atom. The highest BCUT2D eigenvalue weighted by molar-refractivity contribution is 6.71. The number of hydrogen-bond donors (Lipinski definition) is 0. The third-order valence-corrected chi connectivity index (χ3v) is 6.89. The molecule has 3 heteroatoms. The average molecular weight is 441 g/mol. The molecule has 0 saturated heterocycles. The summed E-state index contributed by atoms with van der Waals surface area (Å²) in [5, 5.41) is 0. The van der Waals surface area contributed by atoms with Gasteiger partial charge in [0.25, 0.3) is 5.97 Å². The molecule has 30 heavy (non-hydrogen) atoms. The average Bonchev–Trinajstić information content (AvgIpc) is 2.66. The standard InChI is InChI=1S/C27H56O2Si/c1-6-7-8-9-10-11-12-13-14-17-20-23-26(2)24-21-18-15-16-19-22-25-27(28)29-30(3,4)5/h26H,6-25H2,1-5H3. The summed E-state index contributed by atoms with van der Waals surface area (Å²) in [5.41, 5.74) is 0. The van der Waals surface area contributed by atoms with Crippen molar-refractivity contribution < 1.29 is 9.22 Å². The first-order chi connectivity index (χ1) is 14.3. The summed E-state index contributed by atoms with van der Waals surface area (Å²) in [6.45, 7) is 11.0. The van der Waals surface area contributed by atoms with Gasteiger partial charge in [-0.05, 0) is 32.0 Å². The molecule has 0 saturated carbocycles. The quantitative estimate of drug-likeness (QED) is 0.124. The van der Waals surface area contributed by atoms with E-state index < -0.39 is 8.32 Å². The third-order valence-electron chi connectivity index (χ3n) is 6.05. The van der Waals surface area contributed by atoms with Crippen LogP contribution in [0.5, 0.6) is 0 Å². The van der Waals surface area contributed by atoms with Crippen molar-refractivity contribution in [3.63, 3.8) is 0 Å². The number of hydrogen-bond acceptors (Lipinski definition) is 2. The molecule has 0 aliphatic rings. The molecule has 0 amide bonds. The van der Waals surface area contributed by atoms with Crippen molar-refractivity contribution in [2.75, 3.05) is 0 Å². The highest BCUT2D eigenvalue weighted by atomic mass is 28.4. The first-order valence-corrected chi connectivity index (χ1v) is 17.0. The van der Waals surface area contributed by atoms with E-state index in [9.17, 15) is 4.79 Å². The SMILES string of the molecule is CCCCCCCCCCCCCC(C)CCCCCCCCC(=O)O[Si](C)(C)C. The normalized spacial score (nSPS) is 12.8. The highest BCUT2D eigenvalue weighted by Gasteiger charge is 2.19. The minimum Gasteiger partial charge on any atom is -0.520 e. The monoisotopic (exact) mass is 440 g/mol. The van der Waals surface area contributed by atoms with Crippen molar-refractivity contribution in [2.45, 2.75) is 162 Å². The molecule has 0 aromatic heterocycles. The zero-order valence-electron chi connectivity index (χ0n) is 21.5. The van der Waals surface area contributed by atoms with Gasteiger partial charge in [0.05, 0.1) is 0 Å². The number of rotatable bonds is 22. The van der Waals surface area contributed by atoms with Gasteiger partial charge in [0.1, 0.15) is 0 Å². The molecule has 0 aliphatic carbocycles. The Morgan fingerprint density at radius 2 is 1.00 bits per heavy atom. The second kappa shape index (κ2) is 20.6. The molecular weight excluding hydrogens is 384 g/mol. The predicted octanol–water partition coefficient (Wildman–Crippen LogP) is 9.82. The summed E-state index contributed by atoms with van der Waals surface area (Å²) in [7, 11) is -1.69. The fourth-order valence-corrected chi connectivity index (χ4v) is 4.95. The number of carbonyl (C=O) groups excluding carboxylic acids is 1. The smallest absolute Gasteiger partial charge is 0.292 e. The van der Waals surface area contributed by atoms with Crippen LogP contribution in [0.4, 0.5) is 0 Å². The molecule has 0 rings (SSSR count). The van der Waals surface area contributed by atoms with Gasteiger partial charge >= 0.3 is 0 Å². The van der Waals surface area contributed by atoms with E-state index >= 15 is 0 Å². The minimum absolute atomic E-state index is 0.0189. The molecule has 2 nitrogen and oxygen atoms in total. The maximum atomic E-state index is 11.7. The molecule has 0 aliphatic heterocycles. The topological polar surface area (TPSA) is 26.3 Å². The van der Waals surface area contributed by atoms with Crippen molar-refractivity contribution in [1.82, 2.24) is 0 Å². The molecule has 180 valence electrons. The Balaban J connectivity index is 3.27. The van der Waals surface area contributed by atoms with E-state index in [1.807, 2.05) is 0 Å². The zero-order chi connectivity index (χ0) is 22.5. The van der Waals surface area contributed by atoms with Crippen molar-refractivity contribution >= 4 is 14.3 Å². The lowest BCUT2D eigenvalue weighted by atomic mass is 9.95. The van der Waals surface area contributed by atoms with E-state index in [0.717, 1.165) is 12.3 Å². The van der Waals surface area contributed by atoms with E-state index in [1.165, 1.54) is 116 Å². The van der Waals surface area contributed by atoms with Gasteiger partial charge < -0.3 is 4.43 Å². The summed E-state index contributed by atoms with van der Waals surface area (Å²) in [5.74, 6) is 0.922. The molecule has 0 aromatic carbocycles. The zero-order valence-corrected chi connectivity index (χ0v) is 22.5.